The summed E-state index contributed by atoms with van der Waals surface area (Å²) in [5.74, 6) is 2.50. The van der Waals surface area contributed by atoms with Crippen molar-refractivity contribution in [2.75, 3.05) is 47.7 Å². The Morgan fingerprint density at radius 3 is 1.19 bits per heavy atom. The summed E-state index contributed by atoms with van der Waals surface area (Å²) in [4.78, 5) is 97.4. The zero-order valence-electron chi connectivity index (χ0n) is 55.9. The highest BCUT2D eigenvalue weighted by Gasteiger charge is 2.46. The topological polar surface area (TPSA) is 531 Å². The van der Waals surface area contributed by atoms with Gasteiger partial charge >= 0.3 is 24.0 Å². The van der Waals surface area contributed by atoms with Crippen LogP contribution in [-0.4, -0.2) is 231 Å². The van der Waals surface area contributed by atoms with Crippen LogP contribution in [0, 0.1) is 0 Å². The molecule has 548 valence electrons. The Morgan fingerprint density at radius 2 is 0.814 bits per heavy atom. The normalized spacial score (nSPS) is 29.9. The molecule has 8 aromatic heterocycles. The Balaban J connectivity index is 0.000000126. The van der Waals surface area contributed by atoms with Crippen molar-refractivity contribution in [2.24, 2.45) is 0 Å². The third kappa shape index (κ3) is 15.5. The lowest BCUT2D eigenvalue weighted by Crippen LogP contribution is -2.36. The first-order valence-corrected chi connectivity index (χ1v) is 36.2. The van der Waals surface area contributed by atoms with E-state index in [-0.39, 0.29) is 91.3 Å². The van der Waals surface area contributed by atoms with Crippen LogP contribution in [0.4, 0.5) is 32.9 Å². The van der Waals surface area contributed by atoms with Gasteiger partial charge in [-0.3, -0.25) is 27.9 Å². The molecule has 102 heavy (non-hydrogen) atoms. The van der Waals surface area contributed by atoms with Gasteiger partial charge in [-0.05, 0) is 38.5 Å². The molecule has 0 radical (unpaired) electrons. The number of hydrogen-bond acceptors (Lipinski definition) is 32. The van der Waals surface area contributed by atoms with Gasteiger partial charge in [0.25, 0.3) is 0 Å². The molecule has 40 heteroatoms. The molecule has 0 aromatic carbocycles. The highest BCUT2D eigenvalue weighted by Crippen LogP contribution is 2.40. The minimum absolute atomic E-state index is 0.00740. The number of urea groups is 2. The van der Waals surface area contributed by atoms with E-state index in [9.17, 15) is 34.5 Å². The zero-order chi connectivity index (χ0) is 71.3. The number of nitrogen functional groups attached to an aromatic ring is 4. The Hall–Kier alpha value is -8.74. The van der Waals surface area contributed by atoms with Gasteiger partial charge in [-0.2, -0.15) is 23.5 Å². The number of esters is 2. The summed E-state index contributed by atoms with van der Waals surface area (Å²) in [6.45, 7) is 3.77. The van der Waals surface area contributed by atoms with Crippen LogP contribution in [0.15, 0.2) is 50.6 Å². The number of carbonyl (C=O) groups excluding carboxylic acids is 4. The molecule has 0 saturated carbocycles. The van der Waals surface area contributed by atoms with Crippen molar-refractivity contribution in [1.29, 1.82) is 0 Å². The number of rotatable bonds is 20. The first-order chi connectivity index (χ1) is 49.5. The number of aromatic nitrogens is 16. The molecule has 4 unspecified atom stereocenters. The third-order valence-electron chi connectivity index (χ3n) is 19.3. The van der Waals surface area contributed by atoms with Gasteiger partial charge in [0.15, 0.2) is 70.8 Å². The van der Waals surface area contributed by atoms with Crippen molar-refractivity contribution in [3.05, 3.63) is 50.6 Å². The van der Waals surface area contributed by atoms with Crippen LogP contribution in [0.25, 0.3) is 44.7 Å². The summed E-state index contributed by atoms with van der Waals surface area (Å²) in [5.41, 5.74) is 27.3. The highest BCUT2D eigenvalue weighted by atomic mass is 32.2. The number of thioether (sulfide) groups is 2. The fourth-order valence-corrected chi connectivity index (χ4v) is 17.1. The van der Waals surface area contributed by atoms with E-state index in [2.05, 4.69) is 81.1 Å². The van der Waals surface area contributed by atoms with E-state index in [1.165, 1.54) is 38.0 Å². The van der Waals surface area contributed by atoms with Crippen molar-refractivity contribution in [3.63, 3.8) is 0 Å². The number of unbranched alkanes of at least 4 members (excludes halogenated alkanes) is 2. The number of nitrogens with zero attached hydrogens (tertiary/aromatic N) is 16. The lowest BCUT2D eigenvalue weighted by atomic mass is 10.0. The second kappa shape index (κ2) is 31.9. The number of nitrogens with one attached hydrogen (secondary N) is 4. The number of carbonyl (C=O) groups is 4. The summed E-state index contributed by atoms with van der Waals surface area (Å²) in [5, 5.41) is 51.3. The molecule has 16 heterocycles. The molecule has 16 rings (SSSR count). The Labute approximate surface area is 590 Å². The minimum Gasteiger partial charge on any atom is -0.457 e. The molecule has 38 nitrogen and oxygen atoms in total. The summed E-state index contributed by atoms with van der Waals surface area (Å²) < 4.78 is 41.8. The van der Waals surface area contributed by atoms with Gasteiger partial charge in [-0.15, -0.1) is 0 Å². The lowest BCUT2D eigenvalue weighted by Gasteiger charge is -2.20. The van der Waals surface area contributed by atoms with Crippen molar-refractivity contribution in [2.45, 2.75) is 212 Å². The van der Waals surface area contributed by atoms with Crippen molar-refractivity contribution in [3.8, 4) is 0 Å². The van der Waals surface area contributed by atoms with Crippen LogP contribution in [0.5, 0.6) is 0 Å². The maximum atomic E-state index is 12.6. The first-order valence-electron chi connectivity index (χ1n) is 34.2. The number of aliphatic hydroxyl groups excluding tert-OH is 4. The standard InChI is InChI=1S/C21H29N7O4S.C20H27N7O5S.C11H15N5O2.C10H13N5O3/c1-2-11-7-13(20(31-11)28-10-25-17-18(22)23-9-24-19(17)28)32-15(29)6-4-3-5-14-16-12(8-33-14)26-21(30)27-16;21-17-16-18(23-8-22-17)27(9-24-16)19-12(5-10(6-28)31-19)32-14(29)4-2-1-3-13-15-11(7-33-13)25-20(30)26-15;1-2-6-3-7(17)11(18-6)16-5-15-8-9(12)13-4-14-10(8)16;11-8-7-9(13-3-12-8)15(4-14-7)10-6(17)1-5(2-16)18-10/h9-14,16,20H,2-8H2,1H3,(H2,22,23,24)(H2,26,27,30);8-13,15,19,28H,1-7H2,(H2,21,22,23)(H2,25,26,30);4-7,11,17H,2-3H2,1H3,(H2,12,13,14);3-6,10,16-17H,1-2H2,(H2,11,12,13)/t11-,12+,13?,14+,16+,20-;10-,11-,12?,13-,15-,19+;6-,7?,11-;5-,6?,10+/m1010/s1. The maximum absolute atomic E-state index is 12.6. The van der Waals surface area contributed by atoms with E-state index in [0.717, 1.165) is 56.5 Å². The number of nitrogens with two attached hydrogens (primary N) is 4. The fourth-order valence-electron chi connectivity index (χ4n) is 14.1. The van der Waals surface area contributed by atoms with Crippen LogP contribution < -0.4 is 44.2 Å². The SMILES string of the molecule is CC[C@@H]1CC(O)[C@H](n2cnc3c(N)ncnc32)O1.CC[C@@H]1CC(OC(=O)CCCC[C@@H]2SC[C@@H]3NC(=O)N[C@@H]32)[C@H](n2cnc3c(N)ncnc32)O1.Nc1ncnc2c1ncn2[C@@H]1O[C@H](CO)CC1O.Nc1ncnc2c1ncn2[C@@H]1O[C@H](CO)CC1OC(=O)CCCC[C@@H]1SC[C@@H]2NC(=O)N[C@@H]21. The predicted molar refractivity (Wildman–Crippen MR) is 367 cm³/mol. The molecule has 0 bridgehead atoms. The predicted octanol–water partition coefficient (Wildman–Crippen LogP) is 1.59. The number of imidazole rings is 4. The van der Waals surface area contributed by atoms with Gasteiger partial charge in [0.2, 0.25) is 0 Å². The zero-order valence-corrected chi connectivity index (χ0v) is 57.5. The molecule has 8 aliphatic heterocycles. The summed E-state index contributed by atoms with van der Waals surface area (Å²) >= 11 is 3.75. The molecule has 4 amide bonds. The van der Waals surface area contributed by atoms with Crippen LogP contribution in [0.2, 0.25) is 0 Å². The first kappa shape index (κ1) is 71.6. The number of ether oxygens (including phenoxy) is 6. The Bertz CT molecular complexity index is 3980. The molecule has 8 aliphatic rings. The Kier molecular flexibility index (Phi) is 22.4. The molecule has 18 atom stereocenters. The Morgan fingerprint density at radius 1 is 0.480 bits per heavy atom. The number of aliphatic hydroxyl groups is 4. The van der Waals surface area contributed by atoms with Crippen molar-refractivity contribution >= 4 is 115 Å². The average molecular weight is 1450 g/mol. The molecule has 0 spiro atoms. The van der Waals surface area contributed by atoms with Gasteiger partial charge in [-0.25, -0.2) is 69.4 Å². The summed E-state index contributed by atoms with van der Waals surface area (Å²) in [7, 11) is 0. The third-order valence-corrected chi connectivity index (χ3v) is 22.3. The summed E-state index contributed by atoms with van der Waals surface area (Å²) in [6.07, 6.45) is 15.9. The van der Waals surface area contributed by atoms with Gasteiger partial charge in [0.1, 0.15) is 71.8 Å². The van der Waals surface area contributed by atoms with Gasteiger partial charge < -0.3 is 93.0 Å². The number of hydrogen-bond donors (Lipinski definition) is 12. The van der Waals surface area contributed by atoms with E-state index in [0.29, 0.717) is 112 Å². The lowest BCUT2D eigenvalue weighted by molar-refractivity contribution is -0.155. The number of anilines is 4. The van der Waals surface area contributed by atoms with E-state index in [1.54, 1.807) is 30.9 Å². The molecule has 0 aliphatic carbocycles. The van der Waals surface area contributed by atoms with E-state index < -0.39 is 55.4 Å². The van der Waals surface area contributed by atoms with Gasteiger partial charge in [0.05, 0.1) is 87.1 Å². The summed E-state index contributed by atoms with van der Waals surface area (Å²) in [6, 6.07) is 0.633. The second-order valence-electron chi connectivity index (χ2n) is 26.0. The van der Waals surface area contributed by atoms with E-state index >= 15 is 0 Å². The number of amides is 4. The van der Waals surface area contributed by atoms with Crippen LogP contribution in [0.3, 0.4) is 0 Å². The molecule has 8 saturated heterocycles. The van der Waals surface area contributed by atoms with Crippen LogP contribution in [-0.2, 0) is 38.0 Å². The monoisotopic (exact) mass is 1450 g/mol. The smallest absolute Gasteiger partial charge is 0.315 e. The van der Waals surface area contributed by atoms with E-state index in [4.69, 9.17) is 56.5 Å². The van der Waals surface area contributed by atoms with Crippen LogP contribution >= 0.6 is 23.5 Å². The molecule has 8 fully saturated rings. The maximum Gasteiger partial charge on any atom is 0.315 e. The average Bonchev–Trinajstić information content (AvgIpc) is 1.46. The van der Waals surface area contributed by atoms with E-state index in [1.807, 2.05) is 37.4 Å². The highest BCUT2D eigenvalue weighted by molar-refractivity contribution is 8.00. The largest absolute Gasteiger partial charge is 0.457 e. The second-order valence-corrected chi connectivity index (χ2v) is 28.5. The van der Waals surface area contributed by atoms with Gasteiger partial charge in [-0.1, -0.05) is 26.7 Å². The van der Waals surface area contributed by atoms with Gasteiger partial charge in [0, 0.05) is 60.5 Å². The molecule has 8 aromatic rings. The molecule has 16 N–H and O–H groups in total. The van der Waals surface area contributed by atoms with Crippen molar-refractivity contribution < 1.29 is 68.0 Å². The van der Waals surface area contributed by atoms with Crippen molar-refractivity contribution in [1.82, 2.24) is 99.3 Å². The number of fused-ring (bicyclic) bond motifs is 6. The van der Waals surface area contributed by atoms with Crippen LogP contribution in [0.1, 0.15) is 129 Å². The fraction of sp³-hybridized carbons (Fsp3) is 0.613. The molecular formula is C62H84N24O14S2. The molecular weight excluding hydrogens is 1370 g/mol. The quantitative estimate of drug-likeness (QED) is 0.0293. The minimum atomic E-state index is -0.712.